The molecule has 2 aromatic rings. The van der Waals surface area contributed by atoms with Crippen LogP contribution in [0.4, 0.5) is 0 Å². The Bertz CT molecular complexity index is 733. The maximum absolute atomic E-state index is 9.42. The van der Waals surface area contributed by atoms with Crippen LogP contribution in [0, 0.1) is 17.2 Å². The Morgan fingerprint density at radius 3 is 2.60 bits per heavy atom. The van der Waals surface area contributed by atoms with Crippen molar-refractivity contribution in [3.8, 4) is 6.07 Å². The third-order valence-electron chi connectivity index (χ3n) is 6.07. The smallest absolute Gasteiger partial charge is 0.150 e. The van der Waals surface area contributed by atoms with Crippen molar-refractivity contribution in [2.24, 2.45) is 5.92 Å². The van der Waals surface area contributed by atoms with Gasteiger partial charge in [-0.25, -0.2) is 4.68 Å². The highest BCUT2D eigenvalue weighted by Gasteiger charge is 2.47. The number of aromatic nitrogens is 3. The lowest BCUT2D eigenvalue weighted by atomic mass is 9.76. The second-order valence-corrected chi connectivity index (χ2v) is 7.76. The van der Waals surface area contributed by atoms with Gasteiger partial charge >= 0.3 is 0 Å². The van der Waals surface area contributed by atoms with Crippen molar-refractivity contribution in [1.82, 2.24) is 15.0 Å². The fourth-order valence-corrected chi connectivity index (χ4v) is 4.29. The topological polar surface area (TPSA) is 54.5 Å². The third kappa shape index (κ3) is 3.46. The van der Waals surface area contributed by atoms with Gasteiger partial charge in [0.1, 0.15) is 0 Å². The Kier molecular flexibility index (Phi) is 4.57. The highest BCUT2D eigenvalue weighted by Crippen LogP contribution is 2.43. The van der Waals surface area contributed by atoms with E-state index in [1.54, 1.807) is 0 Å². The van der Waals surface area contributed by atoms with Crippen molar-refractivity contribution >= 4 is 0 Å². The predicted octanol–water partition coefficient (Wildman–Crippen LogP) is 4.59. The van der Waals surface area contributed by atoms with Gasteiger partial charge in [-0.15, -0.1) is 5.10 Å². The lowest BCUT2D eigenvalue weighted by Crippen LogP contribution is -2.18. The van der Waals surface area contributed by atoms with Crippen molar-refractivity contribution in [3.05, 3.63) is 47.8 Å². The molecule has 0 aliphatic heterocycles. The molecule has 4 heteroatoms. The van der Waals surface area contributed by atoms with Crippen LogP contribution in [0.2, 0.25) is 0 Å². The number of nitrogens with zero attached hydrogens (tertiary/aromatic N) is 4. The molecule has 0 bridgehead atoms. The highest BCUT2D eigenvalue weighted by atomic mass is 15.5. The molecule has 2 saturated carbocycles. The van der Waals surface area contributed by atoms with Gasteiger partial charge in [-0.2, -0.15) is 5.26 Å². The average Bonchev–Trinajstić information content (AvgIpc) is 3.33. The first-order valence-electron chi connectivity index (χ1n) is 9.69. The average molecular weight is 334 g/mol. The van der Waals surface area contributed by atoms with Crippen molar-refractivity contribution in [2.45, 2.75) is 69.2 Å². The van der Waals surface area contributed by atoms with Gasteiger partial charge in [-0.3, -0.25) is 0 Å². The van der Waals surface area contributed by atoms with Crippen LogP contribution in [-0.4, -0.2) is 15.0 Å². The number of hydrogen-bond acceptors (Lipinski definition) is 3. The van der Waals surface area contributed by atoms with E-state index in [-0.39, 0.29) is 0 Å². The minimum Gasteiger partial charge on any atom is -0.232 e. The summed E-state index contributed by atoms with van der Waals surface area (Å²) < 4.78 is 1.83. The van der Waals surface area contributed by atoms with E-state index in [1.165, 1.54) is 37.7 Å². The molecule has 0 N–H and O–H groups in total. The van der Waals surface area contributed by atoms with Crippen LogP contribution in [0.25, 0.3) is 0 Å². The lowest BCUT2D eigenvalue weighted by molar-refractivity contribution is 0.290. The number of hydrogen-bond donors (Lipinski definition) is 0. The fraction of sp³-hybridized carbons (Fsp3) is 0.571. The van der Waals surface area contributed by atoms with Crippen molar-refractivity contribution < 1.29 is 0 Å². The van der Waals surface area contributed by atoms with Gasteiger partial charge in [0, 0.05) is 5.92 Å². The maximum Gasteiger partial charge on any atom is 0.150 e. The van der Waals surface area contributed by atoms with E-state index >= 15 is 0 Å². The molecule has 1 atom stereocenters. The molecule has 1 aromatic carbocycles. The summed E-state index contributed by atoms with van der Waals surface area (Å²) in [6.45, 7) is 0. The number of rotatable bonds is 6. The quantitative estimate of drug-likeness (QED) is 0.776. The number of aryl methyl sites for hydroxylation is 1. The second-order valence-electron chi connectivity index (χ2n) is 7.76. The maximum atomic E-state index is 9.42. The second kappa shape index (κ2) is 7.00. The SMILES string of the molecule is N#CC1(n2cc([C@@H](CCc3ccccc3)C3CCCCC3)nn2)CC1. The Morgan fingerprint density at radius 1 is 1.16 bits per heavy atom. The molecule has 1 heterocycles. The summed E-state index contributed by atoms with van der Waals surface area (Å²) in [6, 6.07) is 13.1. The molecule has 0 unspecified atom stereocenters. The third-order valence-corrected chi connectivity index (χ3v) is 6.07. The molecule has 25 heavy (non-hydrogen) atoms. The molecular formula is C21H26N4. The number of benzene rings is 1. The van der Waals surface area contributed by atoms with E-state index in [9.17, 15) is 5.26 Å². The summed E-state index contributed by atoms with van der Waals surface area (Å²) in [6.07, 6.45) is 12.7. The molecule has 1 aromatic heterocycles. The highest BCUT2D eigenvalue weighted by molar-refractivity contribution is 5.19. The van der Waals surface area contributed by atoms with Crippen LogP contribution in [-0.2, 0) is 12.0 Å². The van der Waals surface area contributed by atoms with Gasteiger partial charge in [-0.1, -0.05) is 54.8 Å². The van der Waals surface area contributed by atoms with Gasteiger partial charge in [-0.05, 0) is 50.0 Å². The fourth-order valence-electron chi connectivity index (χ4n) is 4.29. The molecule has 0 spiro atoms. The molecule has 0 radical (unpaired) electrons. The summed E-state index contributed by atoms with van der Waals surface area (Å²) in [7, 11) is 0. The first-order chi connectivity index (χ1) is 12.3. The van der Waals surface area contributed by atoms with Crippen LogP contribution in [0.3, 0.4) is 0 Å². The van der Waals surface area contributed by atoms with Crippen LogP contribution >= 0.6 is 0 Å². The van der Waals surface area contributed by atoms with Crippen molar-refractivity contribution in [1.29, 1.82) is 5.26 Å². The van der Waals surface area contributed by atoms with Crippen LogP contribution in [0.1, 0.15) is 68.5 Å². The van der Waals surface area contributed by atoms with E-state index in [0.29, 0.717) is 11.8 Å². The molecule has 0 saturated heterocycles. The van der Waals surface area contributed by atoms with E-state index in [0.717, 1.165) is 31.4 Å². The van der Waals surface area contributed by atoms with Gasteiger partial charge in [0.15, 0.2) is 5.54 Å². The number of nitriles is 1. The van der Waals surface area contributed by atoms with Crippen molar-refractivity contribution in [3.63, 3.8) is 0 Å². The molecule has 130 valence electrons. The van der Waals surface area contributed by atoms with Gasteiger partial charge in [0.2, 0.25) is 0 Å². The normalized spacial score (nSPS) is 20.8. The van der Waals surface area contributed by atoms with Crippen LogP contribution in [0.15, 0.2) is 36.5 Å². The van der Waals surface area contributed by atoms with E-state index in [2.05, 4.69) is 52.9 Å². The zero-order valence-corrected chi connectivity index (χ0v) is 14.8. The standard InChI is InChI=1S/C21H26N4/c22-16-21(13-14-21)25-15-20(23-24-25)19(18-9-5-2-6-10-18)12-11-17-7-3-1-4-8-17/h1,3-4,7-8,15,18-19H,2,5-6,9-14H2/t19-/m0/s1. The van der Waals surface area contributed by atoms with Crippen LogP contribution in [0.5, 0.6) is 0 Å². The Morgan fingerprint density at radius 2 is 1.92 bits per heavy atom. The molecule has 4 nitrogen and oxygen atoms in total. The molecular weight excluding hydrogens is 308 g/mol. The monoisotopic (exact) mass is 334 g/mol. The minimum absolute atomic E-state index is 0.401. The molecule has 4 rings (SSSR count). The van der Waals surface area contributed by atoms with Gasteiger partial charge < -0.3 is 0 Å². The van der Waals surface area contributed by atoms with E-state index < -0.39 is 5.54 Å². The Labute approximate surface area is 149 Å². The first kappa shape index (κ1) is 16.3. The summed E-state index contributed by atoms with van der Waals surface area (Å²) in [5.74, 6) is 1.17. The van der Waals surface area contributed by atoms with Gasteiger partial charge in [0.05, 0.1) is 18.0 Å². The first-order valence-corrected chi connectivity index (χ1v) is 9.69. The molecule has 2 fully saturated rings. The Balaban J connectivity index is 1.53. The zero-order chi connectivity index (χ0) is 17.1. The minimum atomic E-state index is -0.401. The summed E-state index contributed by atoms with van der Waals surface area (Å²) in [5.41, 5.74) is 2.10. The lowest BCUT2D eigenvalue weighted by Gasteiger charge is -2.29. The van der Waals surface area contributed by atoms with E-state index in [4.69, 9.17) is 0 Å². The summed E-state index contributed by atoms with van der Waals surface area (Å²) in [5, 5.41) is 18.3. The zero-order valence-electron chi connectivity index (χ0n) is 14.8. The summed E-state index contributed by atoms with van der Waals surface area (Å²) >= 11 is 0. The Hall–Kier alpha value is -2.15. The van der Waals surface area contributed by atoms with Gasteiger partial charge in [0.25, 0.3) is 0 Å². The van der Waals surface area contributed by atoms with E-state index in [1.807, 2.05) is 4.68 Å². The van der Waals surface area contributed by atoms with Crippen molar-refractivity contribution in [2.75, 3.05) is 0 Å². The predicted molar refractivity (Wildman–Crippen MR) is 96.9 cm³/mol. The molecule has 2 aliphatic carbocycles. The molecule has 0 amide bonds. The van der Waals surface area contributed by atoms with Crippen LogP contribution < -0.4 is 0 Å². The largest absolute Gasteiger partial charge is 0.232 e. The molecule has 2 aliphatic rings. The summed E-state index contributed by atoms with van der Waals surface area (Å²) in [4.78, 5) is 0.